The lowest BCUT2D eigenvalue weighted by molar-refractivity contribution is 0.268. The van der Waals surface area contributed by atoms with Crippen LogP contribution < -0.4 is 0 Å². The second kappa shape index (κ2) is 12.7. The zero-order valence-corrected chi connectivity index (χ0v) is 22.2. The van der Waals surface area contributed by atoms with Crippen molar-refractivity contribution in [2.45, 2.75) is 69.9 Å². The number of benzene rings is 1. The molecule has 1 N–H and O–H groups in total. The molecule has 3 aromatic rings. The Morgan fingerprint density at radius 1 is 1.09 bits per heavy atom. The van der Waals surface area contributed by atoms with E-state index in [1.807, 2.05) is 13.0 Å². The summed E-state index contributed by atoms with van der Waals surface area (Å²) in [5.74, 6) is 3.12. The Morgan fingerprint density at radius 2 is 1.97 bits per heavy atom. The Hall–Kier alpha value is -2.16. The van der Waals surface area contributed by atoms with E-state index in [4.69, 9.17) is 4.52 Å². The van der Waals surface area contributed by atoms with Gasteiger partial charge in [0.1, 0.15) is 17.3 Å². The zero-order chi connectivity index (χ0) is 24.6. The maximum atomic E-state index is 9.43. The van der Waals surface area contributed by atoms with Crippen LogP contribution in [0, 0.1) is 6.92 Å². The molecule has 1 aliphatic heterocycles. The highest BCUT2D eigenvalue weighted by molar-refractivity contribution is 7.99. The van der Waals surface area contributed by atoms with Crippen molar-refractivity contribution in [1.29, 1.82) is 0 Å². The highest BCUT2D eigenvalue weighted by Crippen LogP contribution is 2.27. The lowest BCUT2D eigenvalue weighted by atomic mass is 9.96. The van der Waals surface area contributed by atoms with Gasteiger partial charge in [-0.3, -0.25) is 0 Å². The maximum absolute atomic E-state index is 9.43. The summed E-state index contributed by atoms with van der Waals surface area (Å²) in [5, 5.41) is 23.5. The van der Waals surface area contributed by atoms with E-state index < -0.39 is 0 Å². The minimum Gasteiger partial charge on any atom is -0.396 e. The minimum atomic E-state index is 0.192. The number of aliphatic hydroxyl groups is 1. The van der Waals surface area contributed by atoms with E-state index in [0.29, 0.717) is 0 Å². The highest BCUT2D eigenvalue weighted by atomic mass is 32.2. The Bertz CT molecular complexity index is 1070. The van der Waals surface area contributed by atoms with Crippen molar-refractivity contribution in [2.75, 3.05) is 32.0 Å². The first-order chi connectivity index (χ1) is 17.1. The summed E-state index contributed by atoms with van der Waals surface area (Å²) in [4.78, 5) is 2.60. The van der Waals surface area contributed by atoms with E-state index in [0.717, 1.165) is 85.5 Å². The number of aryl methyl sites for hydroxylation is 2. The van der Waals surface area contributed by atoms with Crippen LogP contribution >= 0.6 is 11.8 Å². The number of hydrogen-bond donors (Lipinski definition) is 1. The molecule has 0 bridgehead atoms. The fraction of sp³-hybridized carbons (Fsp3) is 0.593. The summed E-state index contributed by atoms with van der Waals surface area (Å²) in [7, 11) is 2.06. The number of hydrogen-bond acceptors (Lipinski definition) is 7. The fourth-order valence-electron chi connectivity index (χ4n) is 5.01. The molecule has 1 aliphatic rings. The molecule has 3 heterocycles. The third-order valence-corrected chi connectivity index (χ3v) is 7.99. The third-order valence-electron chi connectivity index (χ3n) is 6.98. The second-order valence-corrected chi connectivity index (χ2v) is 10.7. The van der Waals surface area contributed by atoms with Crippen LogP contribution in [0.15, 0.2) is 33.9 Å². The molecule has 35 heavy (non-hydrogen) atoms. The number of rotatable bonds is 10. The van der Waals surface area contributed by atoms with Crippen LogP contribution in [0.5, 0.6) is 0 Å². The molecule has 8 heteroatoms. The number of aliphatic hydroxyl groups excluding tert-OH is 1. The van der Waals surface area contributed by atoms with Gasteiger partial charge in [0.15, 0.2) is 5.16 Å². The maximum Gasteiger partial charge on any atom is 0.191 e. The zero-order valence-electron chi connectivity index (χ0n) is 21.4. The average molecular weight is 498 g/mol. The predicted molar refractivity (Wildman–Crippen MR) is 141 cm³/mol. The van der Waals surface area contributed by atoms with Gasteiger partial charge in [-0.1, -0.05) is 42.4 Å². The van der Waals surface area contributed by atoms with Gasteiger partial charge >= 0.3 is 0 Å². The molecule has 2 aromatic heterocycles. The molecule has 0 radical (unpaired) electrons. The molecule has 1 atom stereocenters. The van der Waals surface area contributed by atoms with Gasteiger partial charge in [-0.05, 0) is 69.2 Å². The Kier molecular flexibility index (Phi) is 9.40. The van der Waals surface area contributed by atoms with Crippen molar-refractivity contribution in [3.05, 3.63) is 47.0 Å². The normalized spacial score (nSPS) is 15.9. The summed E-state index contributed by atoms with van der Waals surface area (Å²) < 4.78 is 7.42. The number of aromatic nitrogens is 4. The van der Waals surface area contributed by atoms with E-state index in [9.17, 15) is 5.11 Å². The van der Waals surface area contributed by atoms with Gasteiger partial charge < -0.3 is 19.1 Å². The molecule has 0 spiro atoms. The Morgan fingerprint density at radius 3 is 2.74 bits per heavy atom. The van der Waals surface area contributed by atoms with Crippen molar-refractivity contribution in [3.63, 3.8) is 0 Å². The molecule has 190 valence electrons. The third kappa shape index (κ3) is 6.74. The number of fused-ring (bicyclic) bond motifs is 1. The van der Waals surface area contributed by atoms with Gasteiger partial charge in [-0.25, -0.2) is 0 Å². The Labute approximate surface area is 213 Å². The van der Waals surface area contributed by atoms with Gasteiger partial charge in [0.25, 0.3) is 0 Å². The van der Waals surface area contributed by atoms with Gasteiger partial charge in [-0.15, -0.1) is 10.2 Å². The molecule has 4 rings (SSSR count). The van der Waals surface area contributed by atoms with Crippen molar-refractivity contribution < 1.29 is 9.63 Å². The number of nitrogens with zero attached hydrogens (tertiary/aromatic N) is 5. The van der Waals surface area contributed by atoms with Crippen LogP contribution in [-0.2, 0) is 19.9 Å². The van der Waals surface area contributed by atoms with Gasteiger partial charge in [-0.2, -0.15) is 0 Å². The first-order valence-corrected chi connectivity index (χ1v) is 14.0. The Balaban J connectivity index is 1.35. The molecule has 0 saturated heterocycles. The molecule has 7 nitrogen and oxygen atoms in total. The van der Waals surface area contributed by atoms with Gasteiger partial charge in [0.05, 0.1) is 0 Å². The minimum absolute atomic E-state index is 0.192. The summed E-state index contributed by atoms with van der Waals surface area (Å²) >= 11 is 1.79. The monoisotopic (exact) mass is 497 g/mol. The molecular formula is C27H39N5O2S. The number of thioether (sulfide) groups is 1. The van der Waals surface area contributed by atoms with Crippen LogP contribution in [0.2, 0.25) is 0 Å². The standard InChI is InChI=1S/C27H39N5O2S/c1-4-7-22(12-16-33)26-28-29-27(31(26)3)35-17-15-32-13-6-5-8-21-9-10-24(19-23(21)11-14-32)25-18-20(2)34-30-25/h9-10,18-19,22,33H,4-8,11-17H2,1-3H3. The van der Waals surface area contributed by atoms with Crippen molar-refractivity contribution in [1.82, 2.24) is 24.8 Å². The summed E-state index contributed by atoms with van der Waals surface area (Å²) in [6.07, 6.45) is 7.50. The van der Waals surface area contributed by atoms with Crippen molar-refractivity contribution >= 4 is 11.8 Å². The quantitative estimate of drug-likeness (QED) is 0.394. The molecule has 0 saturated carbocycles. The van der Waals surface area contributed by atoms with Crippen molar-refractivity contribution in [2.24, 2.45) is 7.05 Å². The van der Waals surface area contributed by atoms with E-state index in [1.54, 1.807) is 11.8 Å². The van der Waals surface area contributed by atoms with E-state index in [2.05, 4.69) is 57.0 Å². The molecule has 0 amide bonds. The highest BCUT2D eigenvalue weighted by Gasteiger charge is 2.19. The van der Waals surface area contributed by atoms with E-state index in [-0.39, 0.29) is 12.5 Å². The van der Waals surface area contributed by atoms with Crippen LogP contribution in [0.4, 0.5) is 0 Å². The van der Waals surface area contributed by atoms with Gasteiger partial charge in [0, 0.05) is 50.0 Å². The first kappa shape index (κ1) is 25.9. The largest absolute Gasteiger partial charge is 0.396 e. The molecular weight excluding hydrogens is 458 g/mol. The SMILES string of the molecule is CCCC(CCO)c1nnc(SCCN2CCCCc3ccc(-c4cc(C)on4)cc3CC2)n1C. The molecule has 0 fully saturated rings. The van der Waals surface area contributed by atoms with E-state index in [1.165, 1.54) is 24.0 Å². The topological polar surface area (TPSA) is 80.2 Å². The van der Waals surface area contributed by atoms with Gasteiger partial charge in [0.2, 0.25) is 0 Å². The summed E-state index contributed by atoms with van der Waals surface area (Å²) in [5.41, 5.74) is 4.97. The fourth-order valence-corrected chi connectivity index (χ4v) is 5.93. The van der Waals surface area contributed by atoms with Crippen LogP contribution in [0.25, 0.3) is 11.3 Å². The molecule has 1 aromatic carbocycles. The van der Waals surface area contributed by atoms with Crippen LogP contribution in [-0.4, -0.2) is 61.9 Å². The van der Waals surface area contributed by atoms with Crippen LogP contribution in [0.3, 0.4) is 0 Å². The van der Waals surface area contributed by atoms with E-state index >= 15 is 0 Å². The molecule has 1 unspecified atom stereocenters. The molecule has 0 aliphatic carbocycles. The second-order valence-electron chi connectivity index (χ2n) is 9.60. The predicted octanol–water partition coefficient (Wildman–Crippen LogP) is 5.02. The van der Waals surface area contributed by atoms with Crippen LogP contribution in [0.1, 0.15) is 67.7 Å². The smallest absolute Gasteiger partial charge is 0.191 e. The lowest BCUT2D eigenvalue weighted by Gasteiger charge is -2.21. The average Bonchev–Trinajstić information content (AvgIpc) is 3.47. The summed E-state index contributed by atoms with van der Waals surface area (Å²) in [6.45, 7) is 7.55. The summed E-state index contributed by atoms with van der Waals surface area (Å²) in [6, 6.07) is 8.79. The van der Waals surface area contributed by atoms with Crippen molar-refractivity contribution in [3.8, 4) is 11.3 Å². The lowest BCUT2D eigenvalue weighted by Crippen LogP contribution is -2.29. The first-order valence-electron chi connectivity index (χ1n) is 13.0.